The van der Waals surface area contributed by atoms with E-state index in [1.165, 1.54) is 38.5 Å². The zero-order valence-corrected chi connectivity index (χ0v) is 10.2. The summed E-state index contributed by atoms with van der Waals surface area (Å²) in [5, 5.41) is 7.46. The maximum absolute atomic E-state index is 5.79. The van der Waals surface area contributed by atoms with Gasteiger partial charge in [0.2, 0.25) is 0 Å². The zero-order chi connectivity index (χ0) is 11.5. The minimum absolute atomic E-state index is 0.438. The summed E-state index contributed by atoms with van der Waals surface area (Å²) in [6, 6.07) is 2.72. The largest absolute Gasteiger partial charge is 0.370 e. The van der Waals surface area contributed by atoms with Crippen LogP contribution in [0.25, 0.3) is 0 Å². The van der Waals surface area contributed by atoms with Crippen LogP contribution in [0.2, 0.25) is 0 Å². The van der Waals surface area contributed by atoms with Crippen molar-refractivity contribution in [2.75, 3.05) is 0 Å². The van der Waals surface area contributed by atoms with Crippen molar-refractivity contribution in [2.45, 2.75) is 63.8 Å². The molecule has 2 aliphatic carbocycles. The summed E-state index contributed by atoms with van der Waals surface area (Å²) >= 11 is 0. The van der Waals surface area contributed by atoms with Gasteiger partial charge in [-0.05, 0) is 25.7 Å². The quantitative estimate of drug-likeness (QED) is 0.823. The lowest BCUT2D eigenvalue weighted by molar-refractivity contribution is 0.0330. The molecule has 0 aromatic carbocycles. The molecule has 0 spiro atoms. The fourth-order valence-corrected chi connectivity index (χ4v) is 2.30. The maximum Gasteiger partial charge on any atom is 0.162 e. The molecule has 3 rings (SSSR count). The average molecular weight is 236 g/mol. The molecule has 1 N–H and O–H groups in total. The third-order valence-electron chi connectivity index (χ3n) is 3.52. The van der Waals surface area contributed by atoms with Gasteiger partial charge in [0.15, 0.2) is 5.76 Å². The molecule has 4 heteroatoms. The van der Waals surface area contributed by atoms with Gasteiger partial charge in [-0.2, -0.15) is 0 Å². The molecule has 4 nitrogen and oxygen atoms in total. The Morgan fingerprint density at radius 3 is 2.88 bits per heavy atom. The Labute approximate surface area is 102 Å². The summed E-state index contributed by atoms with van der Waals surface area (Å²) in [5.41, 5.74) is 0.988. The first kappa shape index (κ1) is 11.2. The molecule has 0 radical (unpaired) electrons. The average Bonchev–Trinajstić information content (AvgIpc) is 2.86. The van der Waals surface area contributed by atoms with Gasteiger partial charge in [-0.25, -0.2) is 0 Å². The van der Waals surface area contributed by atoms with Gasteiger partial charge in [0.05, 0.1) is 11.8 Å². The van der Waals surface area contributed by atoms with Crippen LogP contribution in [0.5, 0.6) is 0 Å². The molecule has 2 fully saturated rings. The van der Waals surface area contributed by atoms with Crippen LogP contribution >= 0.6 is 0 Å². The molecule has 0 atom stereocenters. The van der Waals surface area contributed by atoms with Crippen LogP contribution in [0.3, 0.4) is 0 Å². The van der Waals surface area contributed by atoms with Gasteiger partial charge in [-0.1, -0.05) is 18.0 Å². The predicted molar refractivity (Wildman–Crippen MR) is 63.4 cm³/mol. The molecule has 0 bridgehead atoms. The number of hydrogen-bond donors (Lipinski definition) is 1. The third-order valence-corrected chi connectivity index (χ3v) is 3.52. The summed E-state index contributed by atoms with van der Waals surface area (Å²) in [6.45, 7) is 1.39. The van der Waals surface area contributed by atoms with Gasteiger partial charge < -0.3 is 14.6 Å². The number of nitrogens with one attached hydrogen (secondary N) is 1. The number of nitrogens with zero attached hydrogens (tertiary/aromatic N) is 1. The van der Waals surface area contributed by atoms with E-state index in [-0.39, 0.29) is 0 Å². The summed E-state index contributed by atoms with van der Waals surface area (Å²) in [5.74, 6) is 0.851. The van der Waals surface area contributed by atoms with Crippen molar-refractivity contribution in [1.29, 1.82) is 0 Å². The van der Waals surface area contributed by atoms with Crippen LogP contribution < -0.4 is 5.32 Å². The molecule has 1 aromatic heterocycles. The fraction of sp³-hybridized carbons (Fsp3) is 0.769. The van der Waals surface area contributed by atoms with Crippen LogP contribution in [0.4, 0.5) is 0 Å². The van der Waals surface area contributed by atoms with Gasteiger partial charge in [-0.3, -0.25) is 0 Å². The van der Waals surface area contributed by atoms with E-state index in [9.17, 15) is 0 Å². The highest BCUT2D eigenvalue weighted by Crippen LogP contribution is 2.22. The first-order chi connectivity index (χ1) is 8.40. The van der Waals surface area contributed by atoms with E-state index >= 15 is 0 Å². The molecule has 1 aromatic rings. The fourth-order valence-electron chi connectivity index (χ4n) is 2.30. The van der Waals surface area contributed by atoms with E-state index in [4.69, 9.17) is 9.26 Å². The molecule has 0 amide bonds. The Morgan fingerprint density at radius 2 is 2.12 bits per heavy atom. The number of rotatable bonds is 6. The molecule has 1 heterocycles. The van der Waals surface area contributed by atoms with E-state index in [2.05, 4.69) is 10.5 Å². The van der Waals surface area contributed by atoms with Crippen molar-refractivity contribution in [3.63, 3.8) is 0 Å². The summed E-state index contributed by atoms with van der Waals surface area (Å²) in [4.78, 5) is 0. The molecule has 17 heavy (non-hydrogen) atoms. The Bertz CT molecular complexity index is 354. The van der Waals surface area contributed by atoms with Crippen LogP contribution in [-0.2, 0) is 17.9 Å². The van der Waals surface area contributed by atoms with Crippen LogP contribution in [0.1, 0.15) is 50.0 Å². The first-order valence-corrected chi connectivity index (χ1v) is 6.69. The van der Waals surface area contributed by atoms with E-state index in [0.717, 1.165) is 18.0 Å². The topological polar surface area (TPSA) is 47.3 Å². The van der Waals surface area contributed by atoms with E-state index in [1.807, 2.05) is 6.07 Å². The monoisotopic (exact) mass is 236 g/mol. The standard InChI is InChI=1S/C13H20N2O2/c1-2-4-12(3-1)16-9-13-7-11(15-17-13)8-14-10-5-6-10/h7,10,12,14H,1-6,8-9H2. The number of ether oxygens (including phenoxy) is 1. The molecule has 0 saturated heterocycles. The van der Waals surface area contributed by atoms with Crippen LogP contribution in [-0.4, -0.2) is 17.3 Å². The highest BCUT2D eigenvalue weighted by atomic mass is 16.5. The second-order valence-corrected chi connectivity index (χ2v) is 5.16. The van der Waals surface area contributed by atoms with E-state index < -0.39 is 0 Å². The smallest absolute Gasteiger partial charge is 0.162 e. The van der Waals surface area contributed by atoms with Crippen molar-refractivity contribution in [2.24, 2.45) is 0 Å². The molecule has 2 aliphatic rings. The molecular weight excluding hydrogens is 216 g/mol. The Morgan fingerprint density at radius 1 is 1.29 bits per heavy atom. The van der Waals surface area contributed by atoms with Gasteiger partial charge in [-0.15, -0.1) is 0 Å². The summed E-state index contributed by atoms with van der Waals surface area (Å²) in [6.07, 6.45) is 8.04. The molecular formula is C13H20N2O2. The van der Waals surface area contributed by atoms with Crippen molar-refractivity contribution < 1.29 is 9.26 Å². The highest BCUT2D eigenvalue weighted by molar-refractivity contribution is 5.05. The molecule has 0 aliphatic heterocycles. The van der Waals surface area contributed by atoms with Crippen LogP contribution in [0, 0.1) is 0 Å². The first-order valence-electron chi connectivity index (χ1n) is 6.69. The Hall–Kier alpha value is -0.870. The molecule has 94 valence electrons. The van der Waals surface area contributed by atoms with Crippen molar-refractivity contribution in [3.8, 4) is 0 Å². The third kappa shape index (κ3) is 3.30. The number of aromatic nitrogens is 1. The van der Waals surface area contributed by atoms with Gasteiger partial charge in [0.25, 0.3) is 0 Å². The second-order valence-electron chi connectivity index (χ2n) is 5.16. The minimum atomic E-state index is 0.438. The molecule has 2 saturated carbocycles. The van der Waals surface area contributed by atoms with Gasteiger partial charge in [0, 0.05) is 18.7 Å². The number of hydrogen-bond acceptors (Lipinski definition) is 4. The Kier molecular flexibility index (Phi) is 3.43. The minimum Gasteiger partial charge on any atom is -0.370 e. The van der Waals surface area contributed by atoms with Crippen molar-refractivity contribution in [3.05, 3.63) is 17.5 Å². The highest BCUT2D eigenvalue weighted by Gasteiger charge is 2.21. The normalized spacial score (nSPS) is 21.2. The summed E-state index contributed by atoms with van der Waals surface area (Å²) in [7, 11) is 0. The van der Waals surface area contributed by atoms with Crippen molar-refractivity contribution in [1.82, 2.24) is 10.5 Å². The summed E-state index contributed by atoms with van der Waals surface area (Å²) < 4.78 is 11.0. The second kappa shape index (κ2) is 5.19. The lowest BCUT2D eigenvalue weighted by Gasteiger charge is -2.08. The van der Waals surface area contributed by atoms with E-state index in [0.29, 0.717) is 18.8 Å². The lowest BCUT2D eigenvalue weighted by atomic mass is 10.3. The predicted octanol–water partition coefficient (Wildman–Crippen LogP) is 2.39. The Balaban J connectivity index is 1.42. The van der Waals surface area contributed by atoms with Gasteiger partial charge in [0.1, 0.15) is 6.61 Å². The molecule has 0 unspecified atom stereocenters. The van der Waals surface area contributed by atoms with Gasteiger partial charge >= 0.3 is 0 Å². The maximum atomic E-state index is 5.79. The lowest BCUT2D eigenvalue weighted by Crippen LogP contribution is -2.15. The van der Waals surface area contributed by atoms with Crippen molar-refractivity contribution >= 4 is 0 Å². The van der Waals surface area contributed by atoms with Crippen LogP contribution in [0.15, 0.2) is 10.6 Å². The zero-order valence-electron chi connectivity index (χ0n) is 10.2. The van der Waals surface area contributed by atoms with E-state index in [1.54, 1.807) is 0 Å². The SMILES string of the molecule is c1c(CNC2CC2)noc1COC1CCCC1.